The molecule has 0 radical (unpaired) electrons. The summed E-state index contributed by atoms with van der Waals surface area (Å²) in [7, 11) is 0. The minimum atomic E-state index is -1.00. The molecule has 0 spiro atoms. The summed E-state index contributed by atoms with van der Waals surface area (Å²) >= 11 is 0. The first-order valence-corrected chi connectivity index (χ1v) is 6.48. The van der Waals surface area contributed by atoms with Gasteiger partial charge in [-0.3, -0.25) is 0 Å². The summed E-state index contributed by atoms with van der Waals surface area (Å²) in [5.74, 6) is 0.176. The molecule has 0 aliphatic carbocycles. The van der Waals surface area contributed by atoms with Gasteiger partial charge in [0.05, 0.1) is 13.2 Å². The number of rotatable bonds is 8. The first kappa shape index (κ1) is 15.8. The number of carboxylic acid groups (broad SMARTS) is 1. The quantitative estimate of drug-likeness (QED) is 0.583. The first-order chi connectivity index (χ1) is 9.54. The zero-order valence-corrected chi connectivity index (χ0v) is 11.9. The van der Waals surface area contributed by atoms with Crippen molar-refractivity contribution in [1.82, 2.24) is 0 Å². The predicted molar refractivity (Wildman–Crippen MR) is 79.2 cm³/mol. The largest absolute Gasteiger partial charge is 0.490 e. The topological polar surface area (TPSA) is 55.8 Å². The molecule has 1 aromatic carbocycles. The summed E-state index contributed by atoms with van der Waals surface area (Å²) in [5.41, 5.74) is 1.71. The highest BCUT2D eigenvalue weighted by Crippen LogP contribution is 2.32. The van der Waals surface area contributed by atoms with Crippen LogP contribution in [0, 0.1) is 0 Å². The fourth-order valence-corrected chi connectivity index (χ4v) is 1.58. The molecule has 1 N–H and O–H groups in total. The van der Waals surface area contributed by atoms with E-state index in [1.54, 1.807) is 18.2 Å². The summed E-state index contributed by atoms with van der Waals surface area (Å²) < 4.78 is 11.2. The van der Waals surface area contributed by atoms with E-state index in [4.69, 9.17) is 14.6 Å². The van der Waals surface area contributed by atoms with Crippen LogP contribution < -0.4 is 9.47 Å². The summed E-state index contributed by atoms with van der Waals surface area (Å²) in [4.78, 5) is 10.6. The molecule has 0 saturated heterocycles. The monoisotopic (exact) mass is 276 g/mol. The number of aliphatic carboxylic acids is 1. The molecule has 0 bridgehead atoms. The maximum atomic E-state index is 10.6. The fraction of sp³-hybridized carbons (Fsp3) is 0.312. The Morgan fingerprint density at radius 3 is 2.75 bits per heavy atom. The van der Waals surface area contributed by atoms with Gasteiger partial charge in [-0.2, -0.15) is 0 Å². The van der Waals surface area contributed by atoms with Crippen LogP contribution in [0.1, 0.15) is 25.8 Å². The highest BCUT2D eigenvalue weighted by molar-refractivity contribution is 5.86. The highest BCUT2D eigenvalue weighted by Gasteiger charge is 2.09. The molecule has 0 atom stereocenters. The molecule has 0 heterocycles. The van der Waals surface area contributed by atoms with Crippen molar-refractivity contribution >= 4 is 12.0 Å². The number of benzene rings is 1. The maximum absolute atomic E-state index is 10.6. The fourth-order valence-electron chi connectivity index (χ4n) is 1.58. The van der Waals surface area contributed by atoms with Gasteiger partial charge in [0.15, 0.2) is 11.5 Å². The van der Waals surface area contributed by atoms with Crippen molar-refractivity contribution in [2.45, 2.75) is 20.3 Å². The van der Waals surface area contributed by atoms with Crippen LogP contribution in [-0.2, 0) is 4.79 Å². The van der Waals surface area contributed by atoms with Gasteiger partial charge in [-0.25, -0.2) is 4.79 Å². The van der Waals surface area contributed by atoms with E-state index >= 15 is 0 Å². The Labute approximate surface area is 119 Å². The molecule has 0 amide bonds. The van der Waals surface area contributed by atoms with Gasteiger partial charge in [0, 0.05) is 18.1 Å². The zero-order chi connectivity index (χ0) is 15.0. The van der Waals surface area contributed by atoms with E-state index in [2.05, 4.69) is 6.58 Å². The maximum Gasteiger partial charge on any atom is 0.328 e. The van der Waals surface area contributed by atoms with E-state index in [9.17, 15) is 4.79 Å². The molecule has 4 nitrogen and oxygen atoms in total. The third-order valence-corrected chi connectivity index (χ3v) is 2.49. The Hall–Kier alpha value is -2.23. The molecule has 0 aliphatic heterocycles. The van der Waals surface area contributed by atoms with Crippen LogP contribution in [0.5, 0.6) is 11.5 Å². The van der Waals surface area contributed by atoms with Crippen LogP contribution in [0.3, 0.4) is 0 Å². The van der Waals surface area contributed by atoms with Gasteiger partial charge in [-0.05, 0) is 26.0 Å². The first-order valence-electron chi connectivity index (χ1n) is 6.48. The van der Waals surface area contributed by atoms with Crippen LogP contribution >= 0.6 is 0 Å². The lowest BCUT2D eigenvalue weighted by Gasteiger charge is -2.14. The van der Waals surface area contributed by atoms with Crippen molar-refractivity contribution in [3.05, 3.63) is 42.0 Å². The number of para-hydroxylation sites is 1. The Bertz CT molecular complexity index is 503. The molecule has 4 heteroatoms. The number of hydrogen-bond acceptors (Lipinski definition) is 3. The highest BCUT2D eigenvalue weighted by atomic mass is 16.5. The minimum absolute atomic E-state index is 0.479. The van der Waals surface area contributed by atoms with E-state index < -0.39 is 5.97 Å². The molecule has 0 aromatic heterocycles. The average molecular weight is 276 g/mol. The van der Waals surface area contributed by atoms with Crippen molar-refractivity contribution in [2.75, 3.05) is 13.2 Å². The van der Waals surface area contributed by atoms with Crippen molar-refractivity contribution in [3.8, 4) is 11.5 Å². The molecule has 0 aliphatic rings. The molecule has 20 heavy (non-hydrogen) atoms. The Morgan fingerprint density at radius 1 is 1.40 bits per heavy atom. The summed E-state index contributed by atoms with van der Waals surface area (Å²) in [6.07, 6.45) is 3.32. The number of ether oxygens (including phenoxy) is 2. The second-order valence-corrected chi connectivity index (χ2v) is 4.33. The lowest BCUT2D eigenvalue weighted by Crippen LogP contribution is -2.03. The van der Waals surface area contributed by atoms with Crippen LogP contribution in [0.15, 0.2) is 36.4 Å². The Balaban J connectivity index is 2.99. The summed E-state index contributed by atoms with van der Waals surface area (Å²) in [5, 5.41) is 8.72. The minimum Gasteiger partial charge on any atom is -0.490 e. The van der Waals surface area contributed by atoms with Crippen molar-refractivity contribution in [2.24, 2.45) is 0 Å². The van der Waals surface area contributed by atoms with Gasteiger partial charge < -0.3 is 14.6 Å². The Kier molecular flexibility index (Phi) is 6.37. The van der Waals surface area contributed by atoms with E-state index in [0.717, 1.165) is 18.1 Å². The van der Waals surface area contributed by atoms with Crippen LogP contribution in [-0.4, -0.2) is 24.3 Å². The second-order valence-electron chi connectivity index (χ2n) is 4.33. The van der Waals surface area contributed by atoms with E-state index in [1.807, 2.05) is 13.8 Å². The van der Waals surface area contributed by atoms with Gasteiger partial charge in [0.2, 0.25) is 0 Å². The summed E-state index contributed by atoms with van der Waals surface area (Å²) in [6.45, 7) is 8.64. The Morgan fingerprint density at radius 2 is 2.15 bits per heavy atom. The molecule has 108 valence electrons. The zero-order valence-electron chi connectivity index (χ0n) is 11.9. The van der Waals surface area contributed by atoms with E-state index in [-0.39, 0.29) is 0 Å². The molecular weight excluding hydrogens is 256 g/mol. The van der Waals surface area contributed by atoms with Crippen LogP contribution in [0.25, 0.3) is 6.08 Å². The van der Waals surface area contributed by atoms with E-state index in [1.165, 1.54) is 6.08 Å². The van der Waals surface area contributed by atoms with Crippen molar-refractivity contribution in [3.63, 3.8) is 0 Å². The SMILES string of the molecule is C=C(C)CCOc1c(/C=C/C(=O)O)cccc1OCC. The standard InChI is InChI=1S/C16H20O4/c1-4-19-14-7-5-6-13(8-9-15(17)18)16(14)20-11-10-12(2)3/h5-9H,2,4,10-11H2,1,3H3,(H,17,18)/b9-8+. The molecule has 0 fully saturated rings. The molecule has 0 unspecified atom stereocenters. The predicted octanol–water partition coefficient (Wildman–Crippen LogP) is 3.53. The third-order valence-electron chi connectivity index (χ3n) is 2.49. The van der Waals surface area contributed by atoms with Crippen LogP contribution in [0.2, 0.25) is 0 Å². The van der Waals surface area contributed by atoms with Crippen LogP contribution in [0.4, 0.5) is 0 Å². The smallest absolute Gasteiger partial charge is 0.328 e. The van der Waals surface area contributed by atoms with E-state index in [0.29, 0.717) is 30.3 Å². The second kappa shape index (κ2) is 8.04. The number of carbonyl (C=O) groups is 1. The summed E-state index contributed by atoms with van der Waals surface area (Å²) in [6, 6.07) is 5.40. The molecule has 1 rings (SSSR count). The average Bonchev–Trinajstić information content (AvgIpc) is 2.38. The van der Waals surface area contributed by atoms with Gasteiger partial charge in [0.1, 0.15) is 0 Å². The van der Waals surface area contributed by atoms with Gasteiger partial charge in [0.25, 0.3) is 0 Å². The number of carboxylic acids is 1. The van der Waals surface area contributed by atoms with Crippen molar-refractivity contribution in [1.29, 1.82) is 0 Å². The molecule has 0 saturated carbocycles. The lowest BCUT2D eigenvalue weighted by molar-refractivity contribution is -0.131. The van der Waals surface area contributed by atoms with Gasteiger partial charge in [-0.1, -0.05) is 17.7 Å². The normalized spacial score (nSPS) is 10.5. The molecule has 1 aromatic rings. The van der Waals surface area contributed by atoms with Gasteiger partial charge in [-0.15, -0.1) is 6.58 Å². The van der Waals surface area contributed by atoms with Crippen molar-refractivity contribution < 1.29 is 19.4 Å². The number of hydrogen-bond donors (Lipinski definition) is 1. The lowest BCUT2D eigenvalue weighted by atomic mass is 10.1. The molecular formula is C16H20O4. The van der Waals surface area contributed by atoms with Gasteiger partial charge >= 0.3 is 5.97 Å². The third kappa shape index (κ3) is 5.18.